The molecule has 7 heteroatoms. The number of hydrogen-bond acceptors (Lipinski definition) is 6. The summed E-state index contributed by atoms with van der Waals surface area (Å²) in [5.41, 5.74) is 3.34. The predicted molar refractivity (Wildman–Crippen MR) is 134 cm³/mol. The summed E-state index contributed by atoms with van der Waals surface area (Å²) in [6.45, 7) is 12.1. The minimum Gasteiger partial charge on any atom is -0.507 e. The molecule has 0 heterocycles. The first-order chi connectivity index (χ1) is 16.2. The summed E-state index contributed by atoms with van der Waals surface area (Å²) in [5, 5.41) is 13.5. The Balaban J connectivity index is 1.89. The Morgan fingerprint density at radius 3 is 1.91 bits per heavy atom. The largest absolute Gasteiger partial charge is 0.507 e. The molecule has 0 fully saturated rings. The van der Waals surface area contributed by atoms with Gasteiger partial charge in [0, 0.05) is 13.0 Å². The van der Waals surface area contributed by atoms with Crippen LogP contribution in [0.5, 0.6) is 5.75 Å². The molecule has 0 aromatic heterocycles. The Bertz CT molecular complexity index is 1020. The van der Waals surface area contributed by atoms with Crippen molar-refractivity contribution >= 4 is 17.8 Å². The molecule has 0 spiro atoms. The van der Waals surface area contributed by atoms with Gasteiger partial charge in [0.1, 0.15) is 5.75 Å². The second kappa shape index (κ2) is 11.4. The lowest BCUT2D eigenvalue weighted by Crippen LogP contribution is -2.28. The Kier molecular flexibility index (Phi) is 9.07. The molecule has 0 radical (unpaired) electrons. The van der Waals surface area contributed by atoms with Gasteiger partial charge in [0.2, 0.25) is 0 Å². The van der Waals surface area contributed by atoms with E-state index in [-0.39, 0.29) is 30.4 Å². The van der Waals surface area contributed by atoms with Crippen LogP contribution in [0.2, 0.25) is 0 Å². The minimum absolute atomic E-state index is 0.125. The number of carbonyl (C=O) groups is 3. The van der Waals surface area contributed by atoms with Crippen molar-refractivity contribution in [1.82, 2.24) is 5.32 Å². The average Bonchev–Trinajstić information content (AvgIpc) is 2.78. The zero-order chi connectivity index (χ0) is 26.4. The fraction of sp³-hybridized carbons (Fsp3) is 0.464. The number of ether oxygens (including phenoxy) is 2. The van der Waals surface area contributed by atoms with E-state index in [2.05, 4.69) is 10.1 Å². The maximum Gasteiger partial charge on any atom is 0.337 e. The van der Waals surface area contributed by atoms with Crippen LogP contribution in [-0.4, -0.2) is 36.7 Å². The van der Waals surface area contributed by atoms with E-state index in [0.717, 1.165) is 22.3 Å². The fourth-order valence-electron chi connectivity index (χ4n) is 3.57. The number of amides is 1. The topological polar surface area (TPSA) is 102 Å². The van der Waals surface area contributed by atoms with Crippen LogP contribution in [-0.2, 0) is 42.9 Å². The Labute approximate surface area is 207 Å². The van der Waals surface area contributed by atoms with Crippen molar-refractivity contribution in [1.29, 1.82) is 0 Å². The Morgan fingerprint density at radius 2 is 1.43 bits per heavy atom. The molecule has 1 amide bonds. The lowest BCUT2D eigenvalue weighted by atomic mass is 9.78. The van der Waals surface area contributed by atoms with Gasteiger partial charge in [-0.15, -0.1) is 0 Å². The van der Waals surface area contributed by atoms with Gasteiger partial charge in [-0.1, -0.05) is 65.8 Å². The van der Waals surface area contributed by atoms with Crippen molar-refractivity contribution in [3.63, 3.8) is 0 Å². The molecule has 35 heavy (non-hydrogen) atoms. The van der Waals surface area contributed by atoms with Gasteiger partial charge in [0.05, 0.1) is 12.7 Å². The van der Waals surface area contributed by atoms with Crippen molar-refractivity contribution in [3.8, 4) is 5.75 Å². The van der Waals surface area contributed by atoms with E-state index in [9.17, 15) is 19.5 Å². The molecule has 0 aliphatic heterocycles. The quantitative estimate of drug-likeness (QED) is 0.534. The van der Waals surface area contributed by atoms with Crippen LogP contribution in [0.4, 0.5) is 0 Å². The molecule has 0 saturated heterocycles. The van der Waals surface area contributed by atoms with Gasteiger partial charge in [-0.3, -0.25) is 9.59 Å². The van der Waals surface area contributed by atoms with Gasteiger partial charge in [-0.05, 0) is 51.6 Å². The summed E-state index contributed by atoms with van der Waals surface area (Å²) in [6, 6.07) is 10.5. The zero-order valence-electron chi connectivity index (χ0n) is 21.8. The monoisotopic (exact) mass is 483 g/mol. The molecule has 2 aromatic carbocycles. The summed E-state index contributed by atoms with van der Waals surface area (Å²) in [6.07, 6.45) is 0.569. The van der Waals surface area contributed by atoms with Crippen molar-refractivity contribution in [2.45, 2.75) is 71.8 Å². The van der Waals surface area contributed by atoms with Crippen molar-refractivity contribution in [2.24, 2.45) is 0 Å². The molecule has 0 saturated carbocycles. The number of hydrogen-bond donors (Lipinski definition) is 2. The molecule has 0 atom stereocenters. The molecule has 7 nitrogen and oxygen atoms in total. The Morgan fingerprint density at radius 1 is 0.886 bits per heavy atom. The van der Waals surface area contributed by atoms with E-state index < -0.39 is 17.8 Å². The van der Waals surface area contributed by atoms with Gasteiger partial charge in [-0.2, -0.15) is 0 Å². The number of nitrogens with one attached hydrogen (secondary N) is 1. The van der Waals surface area contributed by atoms with Crippen molar-refractivity contribution in [2.75, 3.05) is 13.7 Å². The van der Waals surface area contributed by atoms with E-state index in [4.69, 9.17) is 4.74 Å². The smallest absolute Gasteiger partial charge is 0.337 e. The zero-order valence-corrected chi connectivity index (χ0v) is 21.8. The summed E-state index contributed by atoms with van der Waals surface area (Å²) in [5.74, 6) is -1.01. The van der Waals surface area contributed by atoms with Gasteiger partial charge in [-0.25, -0.2) is 4.79 Å². The number of benzene rings is 2. The summed E-state index contributed by atoms with van der Waals surface area (Å²) in [7, 11) is 1.31. The molecule has 0 unspecified atom stereocenters. The van der Waals surface area contributed by atoms with E-state index >= 15 is 0 Å². The van der Waals surface area contributed by atoms with E-state index in [1.807, 2.05) is 53.7 Å². The minimum atomic E-state index is -0.467. The van der Waals surface area contributed by atoms with Crippen LogP contribution in [0, 0.1) is 0 Å². The van der Waals surface area contributed by atoms with Crippen molar-refractivity contribution in [3.05, 3.63) is 64.2 Å². The average molecular weight is 484 g/mol. The number of phenolic OH excluding ortho intramolecular Hbond substituents is 1. The highest BCUT2D eigenvalue weighted by atomic mass is 16.5. The molecular weight excluding hydrogens is 446 g/mol. The predicted octanol–water partition coefficient (Wildman–Crippen LogP) is 4.57. The first kappa shape index (κ1) is 27.9. The van der Waals surface area contributed by atoms with Crippen LogP contribution in [0.25, 0.3) is 0 Å². The number of methoxy groups -OCH3 is 1. The normalized spacial score (nSPS) is 11.6. The van der Waals surface area contributed by atoms with Gasteiger partial charge in [0.15, 0.2) is 6.61 Å². The van der Waals surface area contributed by atoms with E-state index in [1.54, 1.807) is 24.3 Å². The highest BCUT2D eigenvalue weighted by Crippen LogP contribution is 2.40. The van der Waals surface area contributed by atoms with Crippen molar-refractivity contribution < 1.29 is 29.0 Å². The first-order valence-electron chi connectivity index (χ1n) is 11.7. The van der Waals surface area contributed by atoms with E-state index in [1.165, 1.54) is 7.11 Å². The third-order valence-corrected chi connectivity index (χ3v) is 5.63. The number of phenols is 1. The number of esters is 2. The fourth-order valence-corrected chi connectivity index (χ4v) is 3.57. The van der Waals surface area contributed by atoms with Crippen LogP contribution >= 0.6 is 0 Å². The second-order valence-electron chi connectivity index (χ2n) is 10.7. The van der Waals surface area contributed by atoms with Gasteiger partial charge >= 0.3 is 11.9 Å². The van der Waals surface area contributed by atoms with Crippen LogP contribution in [0.1, 0.15) is 80.6 Å². The van der Waals surface area contributed by atoms with Crippen LogP contribution in [0.15, 0.2) is 36.4 Å². The Hall–Kier alpha value is -3.35. The standard InChI is InChI=1S/C28H37NO6/c1-27(2,3)21-14-19(15-22(25(21)32)28(4,5)6)10-13-24(31)35-17-23(30)29-16-18-8-11-20(12-9-18)26(33)34-7/h8-9,11-12,14-15,32H,10,13,16-17H2,1-7H3,(H,29,30). The summed E-state index contributed by atoms with van der Waals surface area (Å²) in [4.78, 5) is 35.8. The summed E-state index contributed by atoms with van der Waals surface area (Å²) >= 11 is 0. The van der Waals surface area contributed by atoms with Gasteiger partial charge in [0.25, 0.3) is 5.91 Å². The third-order valence-electron chi connectivity index (χ3n) is 5.63. The molecule has 190 valence electrons. The number of carbonyl (C=O) groups excluding carboxylic acids is 3. The molecule has 0 aliphatic rings. The molecule has 0 bridgehead atoms. The second-order valence-corrected chi connectivity index (χ2v) is 10.7. The molecular formula is C28H37NO6. The first-order valence-corrected chi connectivity index (χ1v) is 11.7. The van der Waals surface area contributed by atoms with Crippen LogP contribution in [0.3, 0.4) is 0 Å². The molecule has 2 rings (SSSR count). The SMILES string of the molecule is COC(=O)c1ccc(CNC(=O)COC(=O)CCc2cc(C(C)(C)C)c(O)c(C(C)(C)C)c2)cc1. The summed E-state index contributed by atoms with van der Waals surface area (Å²) < 4.78 is 9.79. The maximum absolute atomic E-state index is 12.3. The number of aromatic hydroxyl groups is 1. The molecule has 2 aromatic rings. The molecule has 0 aliphatic carbocycles. The lowest BCUT2D eigenvalue weighted by molar-refractivity contribution is -0.148. The highest BCUT2D eigenvalue weighted by Gasteiger charge is 2.26. The van der Waals surface area contributed by atoms with Crippen LogP contribution < -0.4 is 5.32 Å². The molecule has 2 N–H and O–H groups in total. The lowest BCUT2D eigenvalue weighted by Gasteiger charge is -2.28. The maximum atomic E-state index is 12.3. The third kappa shape index (κ3) is 8.12. The highest BCUT2D eigenvalue weighted by molar-refractivity contribution is 5.89. The van der Waals surface area contributed by atoms with E-state index in [0.29, 0.717) is 17.7 Å². The van der Waals surface area contributed by atoms with Gasteiger partial charge < -0.3 is 19.9 Å². The number of aryl methyl sites for hydroxylation is 1. The number of rotatable bonds is 8.